The number of aliphatic hydroxyl groups excluding tert-OH is 1. The molecule has 2 N–H and O–H groups in total. The maximum absolute atomic E-state index is 10.0. The Labute approximate surface area is 119 Å². The van der Waals surface area contributed by atoms with Crippen LogP contribution in [0.1, 0.15) is 42.2 Å². The maximum atomic E-state index is 10.0. The van der Waals surface area contributed by atoms with Gasteiger partial charge in [-0.05, 0) is 39.3 Å². The summed E-state index contributed by atoms with van der Waals surface area (Å²) < 4.78 is 7.11. The Hall–Kier alpha value is -1.59. The number of aliphatic hydroxyl groups is 1. The lowest BCUT2D eigenvalue weighted by Gasteiger charge is -2.16. The highest BCUT2D eigenvalue weighted by molar-refractivity contribution is 5.24. The molecule has 0 aliphatic heterocycles. The van der Waals surface area contributed by atoms with Gasteiger partial charge in [-0.1, -0.05) is 0 Å². The zero-order valence-electron chi connectivity index (χ0n) is 12.6. The van der Waals surface area contributed by atoms with E-state index < -0.39 is 6.10 Å². The van der Waals surface area contributed by atoms with Crippen LogP contribution in [0.5, 0.6) is 0 Å². The van der Waals surface area contributed by atoms with E-state index in [0.717, 1.165) is 12.2 Å². The second kappa shape index (κ2) is 6.24. The molecule has 0 saturated carbocycles. The molecule has 2 atom stereocenters. The van der Waals surface area contributed by atoms with Gasteiger partial charge in [0.1, 0.15) is 11.9 Å². The minimum atomic E-state index is -0.566. The Morgan fingerprint density at radius 3 is 2.75 bits per heavy atom. The molecule has 0 saturated heterocycles. The van der Waals surface area contributed by atoms with E-state index in [1.807, 2.05) is 18.7 Å². The van der Waals surface area contributed by atoms with Crippen LogP contribution >= 0.6 is 0 Å². The van der Waals surface area contributed by atoms with Gasteiger partial charge in [0.15, 0.2) is 0 Å². The van der Waals surface area contributed by atoms with Crippen LogP contribution in [0, 0.1) is 13.8 Å². The van der Waals surface area contributed by atoms with E-state index in [2.05, 4.69) is 24.3 Å². The monoisotopic (exact) mass is 277 g/mol. The Kier molecular flexibility index (Phi) is 4.62. The molecule has 20 heavy (non-hydrogen) atoms. The van der Waals surface area contributed by atoms with Crippen molar-refractivity contribution >= 4 is 0 Å². The van der Waals surface area contributed by atoms with Crippen molar-refractivity contribution in [3.8, 4) is 0 Å². The Morgan fingerprint density at radius 1 is 1.45 bits per heavy atom. The summed E-state index contributed by atoms with van der Waals surface area (Å²) >= 11 is 0. The number of rotatable bonds is 6. The van der Waals surface area contributed by atoms with E-state index in [0.29, 0.717) is 12.2 Å². The molecule has 0 fully saturated rings. The van der Waals surface area contributed by atoms with Crippen LogP contribution in [0.3, 0.4) is 0 Å². The smallest absolute Gasteiger partial charge is 0.132 e. The molecule has 0 bridgehead atoms. The standard InChI is InChI=1S/C15H23N3O2/c1-10(8-14(19)15-6-5-7-20-15)16-9-13-11(2)17-18(4)12(13)3/h5-7,10,14,16,19H,8-9H2,1-4H3. The van der Waals surface area contributed by atoms with E-state index in [1.54, 1.807) is 18.4 Å². The van der Waals surface area contributed by atoms with Crippen molar-refractivity contribution in [2.75, 3.05) is 0 Å². The highest BCUT2D eigenvalue weighted by atomic mass is 16.4. The van der Waals surface area contributed by atoms with Crippen molar-refractivity contribution < 1.29 is 9.52 Å². The van der Waals surface area contributed by atoms with Crippen LogP contribution in [0.2, 0.25) is 0 Å². The van der Waals surface area contributed by atoms with Gasteiger partial charge < -0.3 is 14.8 Å². The van der Waals surface area contributed by atoms with Crippen LogP contribution in [-0.2, 0) is 13.6 Å². The lowest BCUT2D eigenvalue weighted by atomic mass is 10.1. The fraction of sp³-hybridized carbons (Fsp3) is 0.533. The second-order valence-electron chi connectivity index (χ2n) is 5.32. The first kappa shape index (κ1) is 14.8. The van der Waals surface area contributed by atoms with Gasteiger partial charge in [0, 0.05) is 30.9 Å². The van der Waals surface area contributed by atoms with Crippen LogP contribution in [-0.4, -0.2) is 20.9 Å². The van der Waals surface area contributed by atoms with Crippen molar-refractivity contribution in [2.45, 2.75) is 45.9 Å². The molecule has 0 amide bonds. The Bertz CT molecular complexity index is 546. The molecule has 5 nitrogen and oxygen atoms in total. The minimum absolute atomic E-state index is 0.189. The number of furan rings is 1. The summed E-state index contributed by atoms with van der Waals surface area (Å²) in [5, 5.41) is 17.9. The summed E-state index contributed by atoms with van der Waals surface area (Å²) in [7, 11) is 1.95. The minimum Gasteiger partial charge on any atom is -0.467 e. The van der Waals surface area contributed by atoms with Gasteiger partial charge in [-0.3, -0.25) is 4.68 Å². The predicted molar refractivity (Wildman–Crippen MR) is 77.3 cm³/mol. The van der Waals surface area contributed by atoms with Crippen LogP contribution < -0.4 is 5.32 Å². The summed E-state index contributed by atoms with van der Waals surface area (Å²) in [6, 6.07) is 3.78. The summed E-state index contributed by atoms with van der Waals surface area (Å²) in [5.41, 5.74) is 3.46. The molecule has 0 spiro atoms. The molecule has 2 unspecified atom stereocenters. The zero-order valence-corrected chi connectivity index (χ0v) is 12.6. The van der Waals surface area contributed by atoms with Crippen LogP contribution in [0.4, 0.5) is 0 Å². The van der Waals surface area contributed by atoms with E-state index in [4.69, 9.17) is 4.42 Å². The molecule has 2 aromatic heterocycles. The lowest BCUT2D eigenvalue weighted by Crippen LogP contribution is -2.27. The van der Waals surface area contributed by atoms with Crippen LogP contribution in [0.25, 0.3) is 0 Å². The molecule has 5 heteroatoms. The molecule has 2 rings (SSSR count). The molecule has 2 heterocycles. The third-order valence-corrected chi connectivity index (χ3v) is 3.73. The van der Waals surface area contributed by atoms with Crippen molar-refractivity contribution in [1.82, 2.24) is 15.1 Å². The Balaban J connectivity index is 1.87. The SMILES string of the molecule is Cc1nn(C)c(C)c1CNC(C)CC(O)c1ccco1. The lowest BCUT2D eigenvalue weighted by molar-refractivity contribution is 0.128. The maximum Gasteiger partial charge on any atom is 0.132 e. The number of hydrogen-bond donors (Lipinski definition) is 2. The van der Waals surface area contributed by atoms with Crippen molar-refractivity contribution in [3.05, 3.63) is 41.1 Å². The summed E-state index contributed by atoms with van der Waals surface area (Å²) in [6.07, 6.45) is 1.63. The first-order valence-electron chi connectivity index (χ1n) is 6.93. The third-order valence-electron chi connectivity index (χ3n) is 3.73. The molecule has 0 aromatic carbocycles. The van der Waals surface area contributed by atoms with E-state index in [1.165, 1.54) is 11.3 Å². The molecular weight excluding hydrogens is 254 g/mol. The second-order valence-corrected chi connectivity index (χ2v) is 5.32. The normalized spacial score (nSPS) is 14.4. The van der Waals surface area contributed by atoms with Crippen LogP contribution in [0.15, 0.2) is 22.8 Å². The van der Waals surface area contributed by atoms with Gasteiger partial charge in [0.05, 0.1) is 12.0 Å². The van der Waals surface area contributed by atoms with Gasteiger partial charge >= 0.3 is 0 Å². The number of nitrogens with one attached hydrogen (secondary N) is 1. The average Bonchev–Trinajstić information content (AvgIpc) is 2.98. The highest BCUT2D eigenvalue weighted by Crippen LogP contribution is 2.19. The van der Waals surface area contributed by atoms with Gasteiger partial charge in [0.2, 0.25) is 0 Å². The third kappa shape index (κ3) is 3.29. The summed E-state index contributed by atoms with van der Waals surface area (Å²) in [6.45, 7) is 6.91. The van der Waals surface area contributed by atoms with Crippen molar-refractivity contribution in [2.24, 2.45) is 7.05 Å². The fourth-order valence-corrected chi connectivity index (χ4v) is 2.36. The molecule has 0 radical (unpaired) electrons. The van der Waals surface area contributed by atoms with Gasteiger partial charge in [-0.2, -0.15) is 5.10 Å². The van der Waals surface area contributed by atoms with Gasteiger partial charge in [-0.15, -0.1) is 0 Å². The number of hydrogen-bond acceptors (Lipinski definition) is 4. The van der Waals surface area contributed by atoms with Gasteiger partial charge in [-0.25, -0.2) is 0 Å². The molecule has 2 aromatic rings. The molecule has 110 valence electrons. The van der Waals surface area contributed by atoms with Crippen molar-refractivity contribution in [3.63, 3.8) is 0 Å². The number of aryl methyl sites for hydroxylation is 2. The van der Waals surface area contributed by atoms with E-state index in [-0.39, 0.29) is 6.04 Å². The summed E-state index contributed by atoms with van der Waals surface area (Å²) in [4.78, 5) is 0. The predicted octanol–water partition coefficient (Wildman–Crippen LogP) is 2.23. The van der Waals surface area contributed by atoms with Crippen molar-refractivity contribution in [1.29, 1.82) is 0 Å². The molecule has 0 aliphatic carbocycles. The average molecular weight is 277 g/mol. The molecule has 0 aliphatic rings. The first-order valence-corrected chi connectivity index (χ1v) is 6.93. The topological polar surface area (TPSA) is 63.2 Å². The number of aromatic nitrogens is 2. The summed E-state index contributed by atoms with van der Waals surface area (Å²) in [5.74, 6) is 0.618. The van der Waals surface area contributed by atoms with E-state index >= 15 is 0 Å². The first-order chi connectivity index (χ1) is 9.49. The zero-order chi connectivity index (χ0) is 14.7. The van der Waals surface area contributed by atoms with E-state index in [9.17, 15) is 5.11 Å². The highest BCUT2D eigenvalue weighted by Gasteiger charge is 2.16. The largest absolute Gasteiger partial charge is 0.467 e. The van der Waals surface area contributed by atoms with Gasteiger partial charge in [0.25, 0.3) is 0 Å². The number of nitrogens with zero attached hydrogens (tertiary/aromatic N) is 2. The fourth-order valence-electron chi connectivity index (χ4n) is 2.36. The Morgan fingerprint density at radius 2 is 2.20 bits per heavy atom. The molecular formula is C15H23N3O2. The quantitative estimate of drug-likeness (QED) is 0.850.